The first-order valence-electron chi connectivity index (χ1n) is 10.0. The van der Waals surface area contributed by atoms with Gasteiger partial charge in [0.2, 0.25) is 5.82 Å². The van der Waals surface area contributed by atoms with Crippen LogP contribution in [-0.2, 0) is 9.59 Å². The van der Waals surface area contributed by atoms with Crippen LogP contribution in [0.2, 0.25) is 0 Å². The number of aliphatic carboxylic acids is 2. The second-order valence-electron chi connectivity index (χ2n) is 8.22. The largest absolute Gasteiger partial charge is 0.490 e. The molecule has 0 saturated heterocycles. The molecular formula is C22H25F5N5O4+. The maximum atomic E-state index is 11.2. The predicted molar refractivity (Wildman–Crippen MR) is 123 cm³/mol. The molecule has 14 heteroatoms. The quantitative estimate of drug-likeness (QED) is 0.337. The number of rotatable bonds is 4. The topological polar surface area (TPSA) is 125 Å². The average Bonchev–Trinajstić information content (AvgIpc) is 2.72. The van der Waals surface area contributed by atoms with Gasteiger partial charge in [0.1, 0.15) is 5.82 Å². The third-order valence-corrected chi connectivity index (χ3v) is 4.00. The number of carboxylic acids is 2. The van der Waals surface area contributed by atoms with E-state index in [0.717, 1.165) is 34.1 Å². The van der Waals surface area contributed by atoms with E-state index >= 15 is 0 Å². The zero-order valence-corrected chi connectivity index (χ0v) is 19.9. The lowest BCUT2D eigenvalue weighted by Gasteiger charge is -2.21. The Morgan fingerprint density at radius 1 is 0.889 bits per heavy atom. The maximum absolute atomic E-state index is 11.2. The molecule has 0 bridgehead atoms. The van der Waals surface area contributed by atoms with Gasteiger partial charge in [-0.15, -0.1) is 0 Å². The number of quaternary nitrogens is 1. The lowest BCUT2D eigenvalue weighted by Crippen LogP contribution is -2.35. The number of hydrogen-bond acceptors (Lipinski definition) is 6. The summed E-state index contributed by atoms with van der Waals surface area (Å²) in [6.07, 6.45) is -3.30. The summed E-state index contributed by atoms with van der Waals surface area (Å²) in [5.41, 5.74) is 3.74. The molecule has 196 valence electrons. The van der Waals surface area contributed by atoms with Crippen molar-refractivity contribution >= 4 is 40.3 Å². The number of pyridine rings is 3. The highest BCUT2D eigenvalue weighted by atomic mass is 19.4. The van der Waals surface area contributed by atoms with Gasteiger partial charge in [-0.25, -0.2) is 14.6 Å². The molecule has 3 N–H and O–H groups in total. The Hall–Kier alpha value is -3.94. The minimum absolute atomic E-state index is 0.329. The molecule has 0 aliphatic heterocycles. The van der Waals surface area contributed by atoms with Gasteiger partial charge >= 0.3 is 24.0 Å². The van der Waals surface area contributed by atoms with Crippen LogP contribution in [0.1, 0.15) is 12.6 Å². The molecule has 9 nitrogen and oxygen atoms in total. The summed E-state index contributed by atoms with van der Waals surface area (Å²) < 4.78 is 54.9. The van der Waals surface area contributed by atoms with E-state index in [0.29, 0.717) is 11.4 Å². The Labute approximate surface area is 202 Å². The predicted octanol–water partition coefficient (Wildman–Crippen LogP) is 4.63. The molecule has 0 radical (unpaired) electrons. The van der Waals surface area contributed by atoms with Gasteiger partial charge in [0.25, 0.3) is 0 Å². The fourth-order valence-corrected chi connectivity index (χ4v) is 2.21. The summed E-state index contributed by atoms with van der Waals surface area (Å²) in [6.45, 7) is 2.30. The number of carbonyl (C=O) groups is 2. The molecule has 0 aromatic carbocycles. The van der Waals surface area contributed by atoms with Crippen molar-refractivity contribution < 1.29 is 41.8 Å². The zero-order valence-electron chi connectivity index (χ0n) is 19.9. The molecule has 0 unspecified atom stereocenters. The van der Waals surface area contributed by atoms with Gasteiger partial charge in [0.05, 0.1) is 32.2 Å². The summed E-state index contributed by atoms with van der Waals surface area (Å²) >= 11 is 0. The molecule has 0 aliphatic carbocycles. The second kappa shape index (κ2) is 11.7. The van der Waals surface area contributed by atoms with Gasteiger partial charge in [-0.1, -0.05) is 0 Å². The fourth-order valence-electron chi connectivity index (χ4n) is 2.21. The van der Waals surface area contributed by atoms with Crippen LogP contribution >= 0.6 is 0 Å². The number of nitrogens with one attached hydrogen (secondary N) is 1. The van der Waals surface area contributed by atoms with Crippen molar-refractivity contribution in [2.75, 3.05) is 26.5 Å². The SMILES string of the molecule is CC(F)(F)C(=O)O.Cc1cc(Nc2ccc3nc([N+](C)(C)C)ccc3n2)ccn1.O=C(O)C(F)(F)F. The normalized spacial score (nSPS) is 11.5. The monoisotopic (exact) mass is 518 g/mol. The molecule has 36 heavy (non-hydrogen) atoms. The van der Waals surface area contributed by atoms with Crippen LogP contribution in [0.25, 0.3) is 11.0 Å². The Balaban J connectivity index is 0.000000383. The lowest BCUT2D eigenvalue weighted by atomic mass is 10.3. The first-order valence-corrected chi connectivity index (χ1v) is 10.0. The van der Waals surface area contributed by atoms with Crippen molar-refractivity contribution in [3.8, 4) is 0 Å². The number of aromatic nitrogens is 3. The first-order chi connectivity index (χ1) is 16.3. The number of anilines is 2. The molecule has 0 saturated carbocycles. The van der Waals surface area contributed by atoms with Crippen molar-refractivity contribution in [3.05, 3.63) is 48.3 Å². The number of fused-ring (bicyclic) bond motifs is 1. The van der Waals surface area contributed by atoms with Crippen molar-refractivity contribution in [3.63, 3.8) is 0 Å². The second-order valence-corrected chi connectivity index (χ2v) is 8.22. The Morgan fingerprint density at radius 2 is 1.39 bits per heavy atom. The van der Waals surface area contributed by atoms with E-state index in [-0.39, 0.29) is 0 Å². The minimum Gasteiger partial charge on any atom is -0.477 e. The third kappa shape index (κ3) is 10.1. The number of carboxylic acid groups (broad SMARTS) is 2. The van der Waals surface area contributed by atoms with Crippen LogP contribution in [0.4, 0.5) is 39.3 Å². The van der Waals surface area contributed by atoms with Crippen LogP contribution in [0.5, 0.6) is 0 Å². The van der Waals surface area contributed by atoms with E-state index in [4.69, 9.17) is 15.0 Å². The van der Waals surface area contributed by atoms with Gasteiger partial charge in [-0.2, -0.15) is 26.9 Å². The molecule has 3 aromatic heterocycles. The first kappa shape index (κ1) is 30.1. The van der Waals surface area contributed by atoms with Gasteiger partial charge in [0.15, 0.2) is 0 Å². The van der Waals surface area contributed by atoms with Gasteiger partial charge in [0, 0.05) is 30.6 Å². The highest BCUT2D eigenvalue weighted by Gasteiger charge is 2.38. The van der Waals surface area contributed by atoms with E-state index < -0.39 is 24.0 Å². The fraction of sp³-hybridized carbons (Fsp3) is 0.318. The van der Waals surface area contributed by atoms with Gasteiger partial charge in [-0.3, -0.25) is 9.47 Å². The van der Waals surface area contributed by atoms with Crippen molar-refractivity contribution in [2.24, 2.45) is 0 Å². The minimum atomic E-state index is -5.08. The molecule has 0 atom stereocenters. The number of alkyl halides is 5. The molecule has 0 amide bonds. The van der Waals surface area contributed by atoms with E-state index in [1.807, 2.05) is 43.3 Å². The average molecular weight is 518 g/mol. The van der Waals surface area contributed by atoms with Gasteiger partial charge < -0.3 is 15.5 Å². The number of aryl methyl sites for hydroxylation is 1. The molecule has 0 spiro atoms. The van der Waals surface area contributed by atoms with Crippen LogP contribution < -0.4 is 9.80 Å². The summed E-state index contributed by atoms with van der Waals surface area (Å²) in [5, 5.41) is 17.9. The lowest BCUT2D eigenvalue weighted by molar-refractivity contribution is -0.192. The summed E-state index contributed by atoms with van der Waals surface area (Å²) in [7, 11) is 6.30. The number of hydrogen-bond donors (Lipinski definition) is 3. The van der Waals surface area contributed by atoms with Gasteiger partial charge in [-0.05, 0) is 37.3 Å². The smallest absolute Gasteiger partial charge is 0.477 e. The number of nitrogens with zero attached hydrogens (tertiary/aromatic N) is 4. The Bertz CT molecular complexity index is 1180. The van der Waals surface area contributed by atoms with Crippen molar-refractivity contribution in [1.82, 2.24) is 19.4 Å². The van der Waals surface area contributed by atoms with E-state index in [9.17, 15) is 26.7 Å². The van der Waals surface area contributed by atoms with E-state index in [2.05, 4.69) is 41.4 Å². The van der Waals surface area contributed by atoms with Crippen LogP contribution in [0.3, 0.4) is 0 Å². The molecule has 3 aromatic rings. The van der Waals surface area contributed by atoms with Crippen LogP contribution in [0, 0.1) is 6.92 Å². The molecule has 3 rings (SSSR count). The Morgan fingerprint density at radius 3 is 1.83 bits per heavy atom. The van der Waals surface area contributed by atoms with Crippen molar-refractivity contribution in [1.29, 1.82) is 0 Å². The third-order valence-electron chi connectivity index (χ3n) is 4.00. The van der Waals surface area contributed by atoms with E-state index in [1.54, 1.807) is 6.20 Å². The molecular weight excluding hydrogens is 493 g/mol. The zero-order chi connectivity index (χ0) is 27.9. The summed E-state index contributed by atoms with van der Waals surface area (Å²) in [5.74, 6) is -6.61. The molecule has 0 fully saturated rings. The molecule has 0 aliphatic rings. The van der Waals surface area contributed by atoms with Crippen LogP contribution in [-0.4, -0.2) is 70.3 Å². The van der Waals surface area contributed by atoms with Crippen molar-refractivity contribution in [2.45, 2.75) is 25.9 Å². The van der Waals surface area contributed by atoms with E-state index in [1.165, 1.54) is 0 Å². The molecule has 3 heterocycles. The number of halogens is 5. The Kier molecular flexibility index (Phi) is 9.75. The van der Waals surface area contributed by atoms with Crippen LogP contribution in [0.15, 0.2) is 42.6 Å². The highest BCUT2D eigenvalue weighted by Crippen LogP contribution is 2.22. The summed E-state index contributed by atoms with van der Waals surface area (Å²) in [4.78, 5) is 31.7. The standard InChI is InChI=1S/C17H20N5.C3H4F2O2.C2HF3O2/c1-12-11-13(9-10-18-12)19-16-7-5-15-14(20-16)6-8-17(21-15)22(2,3)4;1-3(4,5)2(6)7;3-2(4,5)1(6)7/h5-11H,1-4H3,(H,18,19,20);1H3,(H,6,7);(H,6,7)/q+1;;. The summed E-state index contributed by atoms with van der Waals surface area (Å²) in [6, 6.07) is 11.9. The highest BCUT2D eigenvalue weighted by molar-refractivity contribution is 5.78. The maximum Gasteiger partial charge on any atom is 0.490 e.